The normalized spacial score (nSPS) is 11.1. The van der Waals surface area contributed by atoms with Crippen molar-refractivity contribution in [3.8, 4) is 11.8 Å². The summed E-state index contributed by atoms with van der Waals surface area (Å²) in [6.07, 6.45) is 1.42. The number of hydrogen-bond donors (Lipinski definition) is 1. The maximum Gasteiger partial charge on any atom is 0.266 e. The third kappa shape index (κ3) is 6.32. The lowest BCUT2D eigenvalue weighted by molar-refractivity contribution is -0.112. The summed E-state index contributed by atoms with van der Waals surface area (Å²) in [5.41, 5.74) is 1.68. The van der Waals surface area contributed by atoms with Crippen molar-refractivity contribution in [3.63, 3.8) is 0 Å². The Balaban J connectivity index is 1.71. The molecule has 32 heavy (non-hydrogen) atoms. The highest BCUT2D eigenvalue weighted by molar-refractivity contribution is 6.42. The zero-order valence-electron chi connectivity index (χ0n) is 16.1. The predicted molar refractivity (Wildman–Crippen MR) is 131 cm³/mol. The van der Waals surface area contributed by atoms with Gasteiger partial charge in [0.15, 0.2) is 0 Å². The van der Waals surface area contributed by atoms with Crippen molar-refractivity contribution in [2.75, 3.05) is 5.32 Å². The lowest BCUT2D eigenvalue weighted by Crippen LogP contribution is -2.13. The molecule has 0 saturated carbocycles. The van der Waals surface area contributed by atoms with Gasteiger partial charge in [-0.2, -0.15) is 5.26 Å². The summed E-state index contributed by atoms with van der Waals surface area (Å²) in [5, 5.41) is 13.9. The first kappa shape index (κ1) is 24.3. The molecule has 3 rings (SSSR count). The van der Waals surface area contributed by atoms with E-state index in [-0.39, 0.29) is 17.2 Å². The Labute approximate surface area is 209 Å². The van der Waals surface area contributed by atoms with Crippen LogP contribution in [0.3, 0.4) is 0 Å². The van der Waals surface area contributed by atoms with Gasteiger partial charge in [0.25, 0.3) is 5.91 Å². The number of halogens is 5. The van der Waals surface area contributed by atoms with Crippen molar-refractivity contribution in [1.82, 2.24) is 0 Å². The highest BCUT2D eigenvalue weighted by atomic mass is 35.5. The standard InChI is InChI=1S/C23H13Cl5N2O2/c24-17-4-1-14(9-19(17)26)12-32-22-6-2-13(8-21(22)28)7-15(11-29)23(31)30-16-3-5-18(25)20(27)10-16/h1-10H,12H2,(H,30,31)/b15-7+. The van der Waals surface area contributed by atoms with E-state index in [1.165, 1.54) is 12.1 Å². The molecule has 0 heterocycles. The number of nitriles is 1. The van der Waals surface area contributed by atoms with Gasteiger partial charge in [-0.15, -0.1) is 0 Å². The highest BCUT2D eigenvalue weighted by Gasteiger charge is 2.12. The summed E-state index contributed by atoms with van der Waals surface area (Å²) in [4.78, 5) is 12.5. The van der Waals surface area contributed by atoms with Gasteiger partial charge in [-0.1, -0.05) is 70.1 Å². The van der Waals surface area contributed by atoms with Crippen LogP contribution in [0.5, 0.6) is 5.75 Å². The number of carbonyl (C=O) groups excluding carboxylic acids is 1. The van der Waals surface area contributed by atoms with Crippen molar-refractivity contribution >= 4 is 75.7 Å². The maximum absolute atomic E-state index is 12.5. The molecule has 0 aromatic heterocycles. The van der Waals surface area contributed by atoms with Crippen LogP contribution in [0.4, 0.5) is 5.69 Å². The van der Waals surface area contributed by atoms with E-state index in [4.69, 9.17) is 62.7 Å². The number of carbonyl (C=O) groups is 1. The summed E-state index contributed by atoms with van der Waals surface area (Å²) < 4.78 is 5.73. The minimum absolute atomic E-state index is 0.114. The van der Waals surface area contributed by atoms with E-state index in [1.54, 1.807) is 48.5 Å². The minimum Gasteiger partial charge on any atom is -0.487 e. The van der Waals surface area contributed by atoms with Gasteiger partial charge in [0.2, 0.25) is 0 Å². The van der Waals surface area contributed by atoms with Gasteiger partial charge in [0, 0.05) is 5.69 Å². The Hall–Kier alpha value is -2.39. The second kappa shape index (κ2) is 11.0. The molecule has 0 spiro atoms. The predicted octanol–water partition coefficient (Wildman–Crippen LogP) is 8.08. The van der Waals surface area contributed by atoms with Crippen LogP contribution in [-0.2, 0) is 11.4 Å². The minimum atomic E-state index is -0.595. The van der Waals surface area contributed by atoms with Gasteiger partial charge in [-0.25, -0.2) is 0 Å². The van der Waals surface area contributed by atoms with Crippen LogP contribution < -0.4 is 10.1 Å². The van der Waals surface area contributed by atoms with Gasteiger partial charge >= 0.3 is 0 Å². The van der Waals surface area contributed by atoms with Crippen molar-refractivity contribution < 1.29 is 9.53 Å². The van der Waals surface area contributed by atoms with E-state index in [0.717, 1.165) is 5.56 Å². The first-order valence-corrected chi connectivity index (χ1v) is 10.9. The van der Waals surface area contributed by atoms with E-state index in [0.29, 0.717) is 37.1 Å². The molecule has 4 nitrogen and oxygen atoms in total. The lowest BCUT2D eigenvalue weighted by atomic mass is 10.1. The Morgan fingerprint density at radius 1 is 0.875 bits per heavy atom. The highest BCUT2D eigenvalue weighted by Crippen LogP contribution is 2.29. The van der Waals surface area contributed by atoms with Gasteiger partial charge in [-0.3, -0.25) is 4.79 Å². The molecular formula is C23H13Cl5N2O2. The molecule has 0 aliphatic heterocycles. The number of amides is 1. The number of ether oxygens (including phenoxy) is 1. The number of nitrogens with zero attached hydrogens (tertiary/aromatic N) is 1. The van der Waals surface area contributed by atoms with Crippen LogP contribution in [-0.4, -0.2) is 5.91 Å². The monoisotopic (exact) mass is 524 g/mol. The van der Waals surface area contributed by atoms with Gasteiger partial charge in [-0.05, 0) is 59.7 Å². The molecule has 0 aliphatic carbocycles. The second-order valence-corrected chi connectivity index (χ2v) is 8.52. The van der Waals surface area contributed by atoms with Crippen LogP contribution in [0.15, 0.2) is 60.2 Å². The second-order valence-electron chi connectivity index (χ2n) is 6.48. The largest absolute Gasteiger partial charge is 0.487 e. The molecule has 9 heteroatoms. The quantitative estimate of drug-likeness (QED) is 0.261. The van der Waals surface area contributed by atoms with Gasteiger partial charge in [0.1, 0.15) is 24.0 Å². The van der Waals surface area contributed by atoms with E-state index in [2.05, 4.69) is 5.32 Å². The number of hydrogen-bond acceptors (Lipinski definition) is 3. The Morgan fingerprint density at radius 3 is 2.19 bits per heavy atom. The molecule has 0 bridgehead atoms. The van der Waals surface area contributed by atoms with E-state index >= 15 is 0 Å². The molecule has 0 saturated heterocycles. The zero-order valence-corrected chi connectivity index (χ0v) is 19.9. The van der Waals surface area contributed by atoms with Crippen molar-refractivity contribution in [3.05, 3.63) is 96.4 Å². The Bertz CT molecular complexity index is 1250. The molecule has 1 N–H and O–H groups in total. The van der Waals surface area contributed by atoms with Crippen LogP contribution in [0.2, 0.25) is 25.1 Å². The van der Waals surface area contributed by atoms with Gasteiger partial charge < -0.3 is 10.1 Å². The first-order valence-electron chi connectivity index (χ1n) is 9.01. The summed E-state index contributed by atoms with van der Waals surface area (Å²) >= 11 is 30.1. The summed E-state index contributed by atoms with van der Waals surface area (Å²) in [6.45, 7) is 0.237. The third-order valence-electron chi connectivity index (χ3n) is 4.19. The molecule has 1 amide bonds. The zero-order chi connectivity index (χ0) is 23.3. The van der Waals surface area contributed by atoms with Crippen LogP contribution in [0.1, 0.15) is 11.1 Å². The van der Waals surface area contributed by atoms with Crippen molar-refractivity contribution in [2.24, 2.45) is 0 Å². The molecule has 3 aromatic carbocycles. The Morgan fingerprint density at radius 2 is 1.56 bits per heavy atom. The fourth-order valence-corrected chi connectivity index (χ4v) is 3.46. The van der Waals surface area contributed by atoms with Crippen molar-refractivity contribution in [1.29, 1.82) is 5.26 Å². The van der Waals surface area contributed by atoms with E-state index < -0.39 is 5.91 Å². The molecule has 0 radical (unpaired) electrons. The van der Waals surface area contributed by atoms with Crippen molar-refractivity contribution in [2.45, 2.75) is 6.61 Å². The molecule has 0 atom stereocenters. The molecule has 0 aliphatic rings. The molecule has 0 fully saturated rings. The SMILES string of the molecule is N#C/C(=C\c1ccc(OCc2ccc(Cl)c(Cl)c2)c(Cl)c1)C(=O)Nc1ccc(Cl)c(Cl)c1. The number of nitrogens with one attached hydrogen (secondary N) is 1. The fourth-order valence-electron chi connectivity index (χ4n) is 2.60. The topological polar surface area (TPSA) is 62.1 Å². The van der Waals surface area contributed by atoms with E-state index in [9.17, 15) is 10.1 Å². The van der Waals surface area contributed by atoms with Crippen LogP contribution in [0, 0.1) is 11.3 Å². The smallest absolute Gasteiger partial charge is 0.266 e. The number of rotatable bonds is 6. The average Bonchev–Trinajstić information content (AvgIpc) is 2.76. The first-order chi connectivity index (χ1) is 15.3. The third-order valence-corrected chi connectivity index (χ3v) is 5.96. The fraction of sp³-hybridized carbons (Fsp3) is 0.0435. The Kier molecular flexibility index (Phi) is 8.31. The summed E-state index contributed by atoms with van der Waals surface area (Å²) in [7, 11) is 0. The molecule has 162 valence electrons. The number of benzene rings is 3. The van der Waals surface area contributed by atoms with Gasteiger partial charge in [0.05, 0.1) is 25.1 Å². The van der Waals surface area contributed by atoms with Crippen LogP contribution in [0.25, 0.3) is 6.08 Å². The average molecular weight is 527 g/mol. The summed E-state index contributed by atoms with van der Waals surface area (Å²) in [5.74, 6) is -0.157. The van der Waals surface area contributed by atoms with E-state index in [1.807, 2.05) is 6.07 Å². The molecular weight excluding hydrogens is 514 g/mol. The lowest BCUT2D eigenvalue weighted by Gasteiger charge is -2.10. The maximum atomic E-state index is 12.5. The van der Waals surface area contributed by atoms with Crippen LogP contribution >= 0.6 is 58.0 Å². The number of anilines is 1. The molecule has 3 aromatic rings. The molecule has 0 unspecified atom stereocenters. The summed E-state index contributed by atoms with van der Waals surface area (Å²) in [6, 6.07) is 16.6.